The lowest BCUT2D eigenvalue weighted by molar-refractivity contribution is -0.136. The minimum absolute atomic E-state index is 0.111. The van der Waals surface area contributed by atoms with Crippen LogP contribution in [0.15, 0.2) is 18.3 Å². The number of rotatable bonds is 1. The molecule has 0 spiro atoms. The zero-order chi connectivity index (χ0) is 14.7. The first-order valence-corrected chi connectivity index (χ1v) is 6.17. The van der Waals surface area contributed by atoms with Crippen LogP contribution in [0.5, 0.6) is 5.75 Å². The normalized spacial score (nSPS) is 26.8. The van der Waals surface area contributed by atoms with Crippen LogP contribution in [0.25, 0.3) is 10.9 Å². The molecule has 3 rings (SSSR count). The summed E-state index contributed by atoms with van der Waals surface area (Å²) in [5, 5.41) is 23.3. The third-order valence-corrected chi connectivity index (χ3v) is 3.64. The zero-order valence-corrected chi connectivity index (χ0v) is 10.6. The average molecular weight is 286 g/mol. The number of aromatic nitrogens is 2. The molecule has 1 aromatic heterocycles. The lowest BCUT2D eigenvalue weighted by atomic mass is 9.77. The van der Waals surface area contributed by atoms with E-state index >= 15 is 0 Å². The van der Waals surface area contributed by atoms with Crippen LogP contribution in [-0.4, -0.2) is 25.6 Å². The van der Waals surface area contributed by atoms with Crippen LogP contribution >= 0.6 is 0 Å². The molecule has 0 saturated heterocycles. The molecule has 20 heavy (non-hydrogen) atoms. The number of phenols is 1. The van der Waals surface area contributed by atoms with Gasteiger partial charge < -0.3 is 10.2 Å². The van der Waals surface area contributed by atoms with Gasteiger partial charge in [-0.15, -0.1) is 0 Å². The maximum absolute atomic E-state index is 12.9. The molecule has 108 valence electrons. The smallest absolute Gasteiger partial charge is 0.418 e. The van der Waals surface area contributed by atoms with Gasteiger partial charge in [0.1, 0.15) is 11.3 Å². The van der Waals surface area contributed by atoms with Crippen LogP contribution in [0.1, 0.15) is 31.4 Å². The Balaban J connectivity index is 2.07. The van der Waals surface area contributed by atoms with Gasteiger partial charge in [0.15, 0.2) is 0 Å². The van der Waals surface area contributed by atoms with Crippen molar-refractivity contribution in [3.63, 3.8) is 0 Å². The largest absolute Gasteiger partial charge is 0.508 e. The molecule has 1 saturated carbocycles. The van der Waals surface area contributed by atoms with E-state index in [2.05, 4.69) is 5.10 Å². The Morgan fingerprint density at radius 2 is 2.00 bits per heavy atom. The van der Waals surface area contributed by atoms with E-state index in [1.165, 1.54) is 16.9 Å². The van der Waals surface area contributed by atoms with Crippen molar-refractivity contribution >= 4 is 10.9 Å². The fourth-order valence-corrected chi connectivity index (χ4v) is 2.68. The van der Waals surface area contributed by atoms with Gasteiger partial charge in [0.25, 0.3) is 0 Å². The van der Waals surface area contributed by atoms with Crippen LogP contribution in [0.3, 0.4) is 0 Å². The summed E-state index contributed by atoms with van der Waals surface area (Å²) < 4.78 is 40.2. The Labute approximate surface area is 112 Å². The van der Waals surface area contributed by atoms with E-state index in [9.17, 15) is 23.4 Å². The average Bonchev–Trinajstić information content (AvgIpc) is 2.66. The van der Waals surface area contributed by atoms with E-state index in [4.69, 9.17) is 0 Å². The second-order valence-electron chi connectivity index (χ2n) is 5.60. The summed E-state index contributed by atoms with van der Waals surface area (Å²) in [6.45, 7) is 1.68. The second kappa shape index (κ2) is 3.88. The summed E-state index contributed by atoms with van der Waals surface area (Å²) in [5.41, 5.74) is -1.91. The molecule has 4 nitrogen and oxygen atoms in total. The molecule has 1 aromatic carbocycles. The Morgan fingerprint density at radius 1 is 1.35 bits per heavy atom. The number of aromatic hydroxyl groups is 1. The van der Waals surface area contributed by atoms with Crippen molar-refractivity contribution in [3.05, 3.63) is 23.9 Å². The highest BCUT2D eigenvalue weighted by molar-refractivity contribution is 5.83. The first-order valence-electron chi connectivity index (χ1n) is 6.17. The zero-order valence-electron chi connectivity index (χ0n) is 10.6. The highest BCUT2D eigenvalue weighted by Gasteiger charge is 2.41. The Kier molecular flexibility index (Phi) is 2.57. The number of hydrogen-bond acceptors (Lipinski definition) is 3. The van der Waals surface area contributed by atoms with Crippen molar-refractivity contribution in [2.75, 3.05) is 0 Å². The fraction of sp³-hybridized carbons (Fsp3) is 0.462. The van der Waals surface area contributed by atoms with E-state index < -0.39 is 23.1 Å². The summed E-state index contributed by atoms with van der Waals surface area (Å²) in [5.74, 6) is -0.440. The summed E-state index contributed by atoms with van der Waals surface area (Å²) >= 11 is 0. The molecule has 1 aliphatic carbocycles. The molecular formula is C13H13F3N2O2. The van der Waals surface area contributed by atoms with Crippen LogP contribution in [-0.2, 0) is 6.18 Å². The van der Waals surface area contributed by atoms with Gasteiger partial charge in [0.2, 0.25) is 0 Å². The molecule has 0 aliphatic heterocycles. The number of halogens is 3. The quantitative estimate of drug-likeness (QED) is 0.847. The number of hydrogen-bond donors (Lipinski definition) is 2. The molecule has 2 N–H and O–H groups in total. The minimum Gasteiger partial charge on any atom is -0.508 e. The van der Waals surface area contributed by atoms with Gasteiger partial charge in [-0.05, 0) is 31.9 Å². The first kappa shape index (κ1) is 13.2. The molecule has 0 bridgehead atoms. The van der Waals surface area contributed by atoms with Crippen LogP contribution < -0.4 is 0 Å². The van der Waals surface area contributed by atoms with E-state index in [1.807, 2.05) is 0 Å². The molecule has 2 aromatic rings. The monoisotopic (exact) mass is 286 g/mol. The van der Waals surface area contributed by atoms with E-state index in [0.29, 0.717) is 18.9 Å². The maximum atomic E-state index is 12.9. The topological polar surface area (TPSA) is 58.3 Å². The maximum Gasteiger partial charge on any atom is 0.418 e. The lowest BCUT2D eigenvalue weighted by Crippen LogP contribution is -2.42. The van der Waals surface area contributed by atoms with Gasteiger partial charge in [0, 0.05) is 11.6 Å². The Bertz CT molecular complexity index is 668. The van der Waals surface area contributed by atoms with E-state index in [1.54, 1.807) is 6.92 Å². The third-order valence-electron chi connectivity index (χ3n) is 3.64. The number of nitrogens with zero attached hydrogens (tertiary/aromatic N) is 2. The molecule has 7 heteroatoms. The molecule has 0 radical (unpaired) electrons. The molecule has 1 aliphatic rings. The van der Waals surface area contributed by atoms with E-state index in [-0.39, 0.29) is 16.9 Å². The molecule has 1 fully saturated rings. The molecule has 0 amide bonds. The van der Waals surface area contributed by atoms with Crippen molar-refractivity contribution < 1.29 is 23.4 Å². The second-order valence-corrected chi connectivity index (χ2v) is 5.60. The summed E-state index contributed by atoms with van der Waals surface area (Å²) in [7, 11) is 0. The third kappa shape index (κ3) is 2.11. The van der Waals surface area contributed by atoms with Crippen molar-refractivity contribution in [1.29, 1.82) is 0 Å². The molecule has 0 atom stereocenters. The van der Waals surface area contributed by atoms with Gasteiger partial charge in [-0.25, -0.2) is 0 Å². The summed E-state index contributed by atoms with van der Waals surface area (Å²) in [6, 6.07) is 1.82. The van der Waals surface area contributed by atoms with Crippen molar-refractivity contribution in [2.24, 2.45) is 0 Å². The number of alkyl halides is 3. The predicted octanol–water partition coefficient (Wildman–Crippen LogP) is 2.85. The highest BCUT2D eigenvalue weighted by Crippen LogP contribution is 2.42. The standard InChI is InChI=1S/C13H13F3N2O2/c1-12(20)4-8(5-12)18-6-7-2-9(19)3-10(11(7)17-18)13(14,15)16/h2-3,6,8,19-20H,4-5H2,1H3. The lowest BCUT2D eigenvalue weighted by Gasteiger charge is -2.40. The first-order chi connectivity index (χ1) is 9.16. The van der Waals surface area contributed by atoms with Gasteiger partial charge in [-0.1, -0.05) is 0 Å². The minimum atomic E-state index is -4.57. The number of phenolic OH excluding ortho intramolecular Hbond substituents is 1. The van der Waals surface area contributed by atoms with Gasteiger partial charge in [-0.2, -0.15) is 18.3 Å². The fourth-order valence-electron chi connectivity index (χ4n) is 2.68. The predicted molar refractivity (Wildman–Crippen MR) is 65.3 cm³/mol. The van der Waals surface area contributed by atoms with Crippen molar-refractivity contribution in [3.8, 4) is 5.75 Å². The summed E-state index contributed by atoms with van der Waals surface area (Å²) in [6.07, 6.45) is -2.19. The number of fused-ring (bicyclic) bond motifs is 1. The van der Waals surface area contributed by atoms with Gasteiger partial charge >= 0.3 is 6.18 Å². The van der Waals surface area contributed by atoms with Crippen molar-refractivity contribution in [2.45, 2.75) is 37.6 Å². The molecular weight excluding hydrogens is 273 g/mol. The number of benzene rings is 1. The van der Waals surface area contributed by atoms with Gasteiger partial charge in [-0.3, -0.25) is 4.68 Å². The van der Waals surface area contributed by atoms with Crippen LogP contribution in [0.4, 0.5) is 13.2 Å². The highest BCUT2D eigenvalue weighted by atomic mass is 19.4. The Morgan fingerprint density at radius 3 is 2.55 bits per heavy atom. The SMILES string of the molecule is CC1(O)CC(n2cc3cc(O)cc(C(F)(F)F)c3n2)C1. The van der Waals surface area contributed by atoms with Crippen LogP contribution in [0.2, 0.25) is 0 Å². The van der Waals surface area contributed by atoms with Crippen molar-refractivity contribution in [1.82, 2.24) is 9.78 Å². The van der Waals surface area contributed by atoms with Crippen LogP contribution in [0, 0.1) is 0 Å². The van der Waals surface area contributed by atoms with Gasteiger partial charge in [0.05, 0.1) is 17.2 Å². The van der Waals surface area contributed by atoms with E-state index in [0.717, 1.165) is 0 Å². The summed E-state index contributed by atoms with van der Waals surface area (Å²) in [4.78, 5) is 0. The molecule has 1 heterocycles. The Hall–Kier alpha value is -1.76. The molecule has 0 unspecified atom stereocenters. The number of aliphatic hydroxyl groups is 1.